The number of halogens is 1. The summed E-state index contributed by atoms with van der Waals surface area (Å²) in [4.78, 5) is 12.7. The Labute approximate surface area is 172 Å². The number of carbonyl (C=O) groups is 1. The number of methoxy groups -OCH3 is 2. The molecule has 0 saturated carbocycles. The fourth-order valence-corrected chi connectivity index (χ4v) is 2.82. The van der Waals surface area contributed by atoms with Gasteiger partial charge in [0.15, 0.2) is 5.11 Å². The lowest BCUT2D eigenvalue weighted by Gasteiger charge is -2.15. The Kier molecular flexibility index (Phi) is 7.87. The first-order valence-electron chi connectivity index (χ1n) is 8.25. The van der Waals surface area contributed by atoms with Crippen molar-refractivity contribution < 1.29 is 19.0 Å². The molecule has 0 unspecified atom stereocenters. The van der Waals surface area contributed by atoms with Gasteiger partial charge in [-0.05, 0) is 49.0 Å². The van der Waals surface area contributed by atoms with E-state index in [0.717, 1.165) is 10.9 Å². The Hall–Kier alpha value is -2.32. The normalized spacial score (nSPS) is 10.1. The molecule has 0 heterocycles. The first-order valence-corrected chi connectivity index (χ1v) is 9.45. The van der Waals surface area contributed by atoms with Gasteiger partial charge in [-0.1, -0.05) is 22.9 Å². The van der Waals surface area contributed by atoms with Crippen LogP contribution in [-0.2, 0) is 0 Å². The summed E-state index contributed by atoms with van der Waals surface area (Å²) in [6.07, 6.45) is 0.840. The molecule has 0 spiro atoms. The number of thiocarbonyl (C=S) groups is 1. The molecule has 2 rings (SSSR count). The summed E-state index contributed by atoms with van der Waals surface area (Å²) < 4.78 is 16.9. The average Bonchev–Trinajstić information content (AvgIpc) is 2.66. The highest BCUT2D eigenvalue weighted by molar-refractivity contribution is 9.10. The quantitative estimate of drug-likeness (QED) is 0.607. The average molecular weight is 453 g/mol. The van der Waals surface area contributed by atoms with Gasteiger partial charge in [-0.3, -0.25) is 10.1 Å². The molecule has 0 aliphatic heterocycles. The smallest absolute Gasteiger partial charge is 0.261 e. The summed E-state index contributed by atoms with van der Waals surface area (Å²) in [5, 5.41) is 5.75. The number of benzene rings is 2. The van der Waals surface area contributed by atoms with Crippen LogP contribution in [0, 0.1) is 0 Å². The van der Waals surface area contributed by atoms with E-state index >= 15 is 0 Å². The van der Waals surface area contributed by atoms with Gasteiger partial charge in [-0.25, -0.2) is 0 Å². The second-order valence-corrected chi connectivity index (χ2v) is 6.79. The van der Waals surface area contributed by atoms with Gasteiger partial charge in [0.05, 0.1) is 32.1 Å². The molecule has 0 saturated heterocycles. The molecule has 0 aromatic heterocycles. The highest BCUT2D eigenvalue weighted by atomic mass is 79.9. The van der Waals surface area contributed by atoms with Crippen LogP contribution in [-0.4, -0.2) is 31.8 Å². The molecule has 0 aliphatic carbocycles. The zero-order chi connectivity index (χ0) is 19.8. The predicted octanol–water partition coefficient (Wildman–Crippen LogP) is 4.38. The lowest BCUT2D eigenvalue weighted by atomic mass is 10.2. The third kappa shape index (κ3) is 5.83. The molecular weight excluding hydrogens is 432 g/mol. The number of hydrogen-bond acceptors (Lipinski definition) is 5. The fourth-order valence-electron chi connectivity index (χ4n) is 2.25. The van der Waals surface area contributed by atoms with Crippen molar-refractivity contribution in [2.75, 3.05) is 26.1 Å². The number of anilines is 1. The van der Waals surface area contributed by atoms with Crippen molar-refractivity contribution in [2.24, 2.45) is 0 Å². The van der Waals surface area contributed by atoms with Crippen LogP contribution in [0.4, 0.5) is 5.69 Å². The standard InChI is InChI=1S/C19H21BrN2O4S/c1-4-9-26-16-7-5-12(20)10-14(16)18(23)22-19(27)21-15-11-13(24-2)6-8-17(15)25-3/h5-8,10-11H,4,9H2,1-3H3,(H2,21,22,23,27). The molecule has 144 valence electrons. The third-order valence-corrected chi connectivity index (χ3v) is 4.23. The van der Waals surface area contributed by atoms with Crippen molar-refractivity contribution in [3.05, 3.63) is 46.4 Å². The lowest BCUT2D eigenvalue weighted by Crippen LogP contribution is -2.34. The zero-order valence-corrected chi connectivity index (χ0v) is 17.7. The Morgan fingerprint density at radius 2 is 1.85 bits per heavy atom. The van der Waals surface area contributed by atoms with Gasteiger partial charge in [0, 0.05) is 10.5 Å². The van der Waals surface area contributed by atoms with Crippen LogP contribution in [0.2, 0.25) is 0 Å². The number of ether oxygens (including phenoxy) is 3. The van der Waals surface area contributed by atoms with Crippen LogP contribution >= 0.6 is 28.1 Å². The van der Waals surface area contributed by atoms with Gasteiger partial charge in [-0.15, -0.1) is 0 Å². The molecule has 8 heteroatoms. The van der Waals surface area contributed by atoms with Crippen LogP contribution < -0.4 is 24.8 Å². The van der Waals surface area contributed by atoms with Gasteiger partial charge in [-0.2, -0.15) is 0 Å². The number of rotatable bonds is 7. The van der Waals surface area contributed by atoms with Crippen molar-refractivity contribution in [2.45, 2.75) is 13.3 Å². The van der Waals surface area contributed by atoms with Gasteiger partial charge in [0.1, 0.15) is 17.2 Å². The number of nitrogens with one attached hydrogen (secondary N) is 2. The molecule has 0 radical (unpaired) electrons. The molecule has 2 aromatic rings. The van der Waals surface area contributed by atoms with Crippen molar-refractivity contribution in [3.63, 3.8) is 0 Å². The second-order valence-electron chi connectivity index (χ2n) is 5.46. The van der Waals surface area contributed by atoms with Crippen molar-refractivity contribution >= 4 is 44.9 Å². The zero-order valence-electron chi connectivity index (χ0n) is 15.3. The molecule has 0 aliphatic rings. The van der Waals surface area contributed by atoms with E-state index < -0.39 is 0 Å². The second kappa shape index (κ2) is 10.1. The number of carbonyl (C=O) groups excluding carboxylic acids is 1. The molecule has 0 bridgehead atoms. The molecule has 6 nitrogen and oxygen atoms in total. The predicted molar refractivity (Wildman–Crippen MR) is 113 cm³/mol. The summed E-state index contributed by atoms with van der Waals surface area (Å²) in [5.74, 6) is 1.33. The minimum atomic E-state index is -0.373. The van der Waals surface area contributed by atoms with E-state index in [9.17, 15) is 4.79 Å². The van der Waals surface area contributed by atoms with Crippen LogP contribution in [0.15, 0.2) is 40.9 Å². The first kappa shape index (κ1) is 21.0. The Morgan fingerprint density at radius 3 is 2.52 bits per heavy atom. The molecule has 27 heavy (non-hydrogen) atoms. The maximum Gasteiger partial charge on any atom is 0.261 e. The largest absolute Gasteiger partial charge is 0.497 e. The van der Waals surface area contributed by atoms with Crippen molar-refractivity contribution in [3.8, 4) is 17.2 Å². The summed E-state index contributed by atoms with van der Waals surface area (Å²) in [5.41, 5.74) is 0.971. The molecule has 0 fully saturated rings. The van der Waals surface area contributed by atoms with E-state index in [0.29, 0.717) is 35.1 Å². The van der Waals surface area contributed by atoms with Crippen LogP contribution in [0.25, 0.3) is 0 Å². The van der Waals surface area contributed by atoms with Crippen molar-refractivity contribution in [1.82, 2.24) is 5.32 Å². The summed E-state index contributed by atoms with van der Waals surface area (Å²) in [6.45, 7) is 2.52. The Bertz CT molecular complexity index is 829. The summed E-state index contributed by atoms with van der Waals surface area (Å²) in [6, 6.07) is 10.5. The van der Waals surface area contributed by atoms with Gasteiger partial charge >= 0.3 is 0 Å². The summed E-state index contributed by atoms with van der Waals surface area (Å²) >= 11 is 8.64. The van der Waals surface area contributed by atoms with Crippen LogP contribution in [0.1, 0.15) is 23.7 Å². The first-order chi connectivity index (χ1) is 13.0. The number of hydrogen-bond donors (Lipinski definition) is 2. The minimum Gasteiger partial charge on any atom is -0.497 e. The van der Waals surface area contributed by atoms with E-state index in [1.807, 2.05) is 13.0 Å². The third-order valence-electron chi connectivity index (χ3n) is 3.53. The highest BCUT2D eigenvalue weighted by Crippen LogP contribution is 2.29. The molecule has 2 aromatic carbocycles. The van der Waals surface area contributed by atoms with Gasteiger partial charge in [0.25, 0.3) is 5.91 Å². The molecule has 2 N–H and O–H groups in total. The van der Waals surface area contributed by atoms with Gasteiger partial charge < -0.3 is 19.5 Å². The van der Waals surface area contributed by atoms with E-state index in [4.69, 9.17) is 26.4 Å². The van der Waals surface area contributed by atoms with E-state index in [1.165, 1.54) is 0 Å². The van der Waals surface area contributed by atoms with E-state index in [1.54, 1.807) is 44.6 Å². The summed E-state index contributed by atoms with van der Waals surface area (Å²) in [7, 11) is 3.12. The van der Waals surface area contributed by atoms with E-state index in [-0.39, 0.29) is 11.0 Å². The Morgan fingerprint density at radius 1 is 1.11 bits per heavy atom. The maximum atomic E-state index is 12.7. The Balaban J connectivity index is 2.14. The van der Waals surface area contributed by atoms with Crippen molar-refractivity contribution in [1.29, 1.82) is 0 Å². The van der Waals surface area contributed by atoms with Gasteiger partial charge in [0.2, 0.25) is 0 Å². The molecular formula is C19H21BrN2O4S. The maximum absolute atomic E-state index is 12.7. The van der Waals surface area contributed by atoms with Crippen LogP contribution in [0.3, 0.4) is 0 Å². The molecule has 0 atom stereocenters. The van der Waals surface area contributed by atoms with E-state index in [2.05, 4.69) is 26.6 Å². The fraction of sp³-hybridized carbons (Fsp3) is 0.263. The topological polar surface area (TPSA) is 68.8 Å². The monoisotopic (exact) mass is 452 g/mol. The highest BCUT2D eigenvalue weighted by Gasteiger charge is 2.16. The van der Waals surface area contributed by atoms with Crippen LogP contribution in [0.5, 0.6) is 17.2 Å². The SMILES string of the molecule is CCCOc1ccc(Br)cc1C(=O)NC(=S)Nc1cc(OC)ccc1OC. The molecule has 1 amide bonds. The minimum absolute atomic E-state index is 0.132. The lowest BCUT2D eigenvalue weighted by molar-refractivity contribution is 0.0973. The number of amides is 1.